The Bertz CT molecular complexity index is 537. The topological polar surface area (TPSA) is 67.4 Å². The molecule has 0 bridgehead atoms. The fourth-order valence-corrected chi connectivity index (χ4v) is 2.46. The van der Waals surface area contributed by atoms with Crippen molar-refractivity contribution in [2.24, 2.45) is 0 Å². The summed E-state index contributed by atoms with van der Waals surface area (Å²) >= 11 is 11.8. The second kappa shape index (κ2) is 7.64. The molecule has 2 N–H and O–H groups in total. The number of ether oxygens (including phenoxy) is 1. The van der Waals surface area contributed by atoms with Gasteiger partial charge in [-0.25, -0.2) is 0 Å². The van der Waals surface area contributed by atoms with Crippen LogP contribution in [0, 0.1) is 0 Å². The zero-order chi connectivity index (χ0) is 15.2. The third-order valence-corrected chi connectivity index (χ3v) is 3.72. The summed E-state index contributed by atoms with van der Waals surface area (Å²) in [5.74, 6) is -0.252. The first-order valence-electron chi connectivity index (χ1n) is 6.65. The molecule has 1 fully saturated rings. The Balaban J connectivity index is 1.63. The summed E-state index contributed by atoms with van der Waals surface area (Å²) in [5.41, 5.74) is 0.843. The van der Waals surface area contributed by atoms with Crippen molar-refractivity contribution >= 4 is 35.0 Å². The highest BCUT2D eigenvalue weighted by molar-refractivity contribution is 6.35. The van der Waals surface area contributed by atoms with Gasteiger partial charge in [0.25, 0.3) is 0 Å². The fourth-order valence-electron chi connectivity index (χ4n) is 2.00. The van der Waals surface area contributed by atoms with Gasteiger partial charge in [0.05, 0.1) is 13.2 Å². The Morgan fingerprint density at radius 2 is 2.24 bits per heavy atom. The number of benzene rings is 1. The van der Waals surface area contributed by atoms with Crippen molar-refractivity contribution in [3.05, 3.63) is 33.8 Å². The predicted molar refractivity (Wildman–Crippen MR) is 80.3 cm³/mol. The van der Waals surface area contributed by atoms with Gasteiger partial charge in [-0.05, 0) is 24.1 Å². The smallest absolute Gasteiger partial charge is 0.242 e. The minimum atomic E-state index is -0.414. The van der Waals surface area contributed by atoms with Gasteiger partial charge in [0.2, 0.25) is 11.8 Å². The van der Waals surface area contributed by atoms with E-state index in [-0.39, 0.29) is 11.8 Å². The van der Waals surface area contributed by atoms with Crippen LogP contribution in [0.25, 0.3) is 0 Å². The lowest BCUT2D eigenvalue weighted by molar-refractivity contribution is -0.125. The normalized spacial score (nSPS) is 17.6. The summed E-state index contributed by atoms with van der Waals surface area (Å²) < 4.78 is 5.44. The molecule has 2 rings (SSSR count). The lowest BCUT2D eigenvalue weighted by Crippen LogP contribution is -2.42. The van der Waals surface area contributed by atoms with E-state index in [1.807, 2.05) is 0 Å². The van der Waals surface area contributed by atoms with Crippen LogP contribution in [0.5, 0.6) is 0 Å². The molecular formula is C14H16Cl2N2O3. The van der Waals surface area contributed by atoms with Gasteiger partial charge in [0, 0.05) is 23.0 Å². The Morgan fingerprint density at radius 1 is 1.43 bits per heavy atom. The molecule has 1 aliphatic rings. The maximum atomic E-state index is 11.7. The Hall–Kier alpha value is -1.30. The molecule has 114 valence electrons. The van der Waals surface area contributed by atoms with Crippen LogP contribution in [0.4, 0.5) is 0 Å². The van der Waals surface area contributed by atoms with E-state index in [0.29, 0.717) is 42.6 Å². The number of hydrogen-bond donors (Lipinski definition) is 2. The van der Waals surface area contributed by atoms with Crippen LogP contribution in [0.15, 0.2) is 18.2 Å². The number of amides is 2. The van der Waals surface area contributed by atoms with Crippen molar-refractivity contribution < 1.29 is 14.3 Å². The average Bonchev–Trinajstić information content (AvgIpc) is 2.87. The maximum absolute atomic E-state index is 11.7. The van der Waals surface area contributed by atoms with Crippen molar-refractivity contribution in [2.75, 3.05) is 13.2 Å². The number of carbonyl (C=O) groups excluding carboxylic acids is 2. The van der Waals surface area contributed by atoms with Crippen molar-refractivity contribution in [1.82, 2.24) is 10.6 Å². The molecule has 1 atom stereocenters. The average molecular weight is 331 g/mol. The largest absolute Gasteiger partial charge is 0.375 e. The van der Waals surface area contributed by atoms with Gasteiger partial charge in [0.1, 0.15) is 6.04 Å². The summed E-state index contributed by atoms with van der Waals surface area (Å²) in [6.45, 7) is 1.10. The van der Waals surface area contributed by atoms with Gasteiger partial charge < -0.3 is 15.4 Å². The molecule has 2 amide bonds. The second-order valence-corrected chi connectivity index (χ2v) is 5.58. The van der Waals surface area contributed by atoms with Crippen molar-refractivity contribution in [1.29, 1.82) is 0 Å². The molecule has 0 aromatic heterocycles. The molecule has 1 aliphatic heterocycles. The molecule has 0 radical (unpaired) electrons. The molecule has 1 saturated heterocycles. The highest BCUT2D eigenvalue weighted by Gasteiger charge is 2.26. The summed E-state index contributed by atoms with van der Waals surface area (Å²) in [7, 11) is 0. The molecule has 0 aliphatic carbocycles. The van der Waals surface area contributed by atoms with Crippen molar-refractivity contribution in [3.63, 3.8) is 0 Å². The summed E-state index contributed by atoms with van der Waals surface area (Å²) in [4.78, 5) is 22.7. The first-order valence-corrected chi connectivity index (χ1v) is 7.40. The van der Waals surface area contributed by atoms with Gasteiger partial charge >= 0.3 is 0 Å². The Labute approximate surface area is 132 Å². The first-order chi connectivity index (χ1) is 10.1. The Morgan fingerprint density at radius 3 is 2.90 bits per heavy atom. The van der Waals surface area contributed by atoms with Crippen molar-refractivity contribution in [3.8, 4) is 0 Å². The molecule has 1 aromatic carbocycles. The number of hydrogen-bond acceptors (Lipinski definition) is 3. The summed E-state index contributed by atoms with van der Waals surface area (Å²) in [5, 5.41) is 6.47. The summed E-state index contributed by atoms with van der Waals surface area (Å²) in [6, 6.07) is 4.79. The fraction of sp³-hybridized carbons (Fsp3) is 0.429. The van der Waals surface area contributed by atoms with Crippen LogP contribution in [0.1, 0.15) is 18.4 Å². The van der Waals surface area contributed by atoms with Gasteiger partial charge in [0.15, 0.2) is 0 Å². The molecular weight excluding hydrogens is 315 g/mol. The first kappa shape index (κ1) is 16.1. The van der Waals surface area contributed by atoms with Gasteiger partial charge in [-0.1, -0.05) is 29.3 Å². The van der Waals surface area contributed by atoms with E-state index >= 15 is 0 Å². The van der Waals surface area contributed by atoms with Crippen molar-refractivity contribution in [2.45, 2.75) is 25.5 Å². The van der Waals surface area contributed by atoms with E-state index in [0.717, 1.165) is 5.56 Å². The van der Waals surface area contributed by atoms with Crippen LogP contribution >= 0.6 is 23.2 Å². The molecule has 7 heteroatoms. The number of rotatable bonds is 6. The number of nitrogens with one attached hydrogen (secondary N) is 2. The third-order valence-electron chi connectivity index (χ3n) is 3.13. The van der Waals surface area contributed by atoms with Crippen LogP contribution in [-0.2, 0) is 20.9 Å². The quantitative estimate of drug-likeness (QED) is 0.783. The highest BCUT2D eigenvalue weighted by Crippen LogP contribution is 2.21. The van der Waals surface area contributed by atoms with E-state index in [1.54, 1.807) is 18.2 Å². The molecule has 0 saturated carbocycles. The van der Waals surface area contributed by atoms with Crippen LogP contribution in [-0.4, -0.2) is 31.0 Å². The van der Waals surface area contributed by atoms with E-state index in [1.165, 1.54) is 0 Å². The molecule has 5 nitrogen and oxygen atoms in total. The van der Waals surface area contributed by atoms with Crippen LogP contribution in [0.3, 0.4) is 0 Å². The monoisotopic (exact) mass is 330 g/mol. The molecule has 1 aromatic rings. The van der Waals surface area contributed by atoms with Gasteiger partial charge in [-0.15, -0.1) is 0 Å². The zero-order valence-corrected chi connectivity index (χ0v) is 12.8. The molecule has 0 unspecified atom stereocenters. The molecule has 0 spiro atoms. The minimum absolute atomic E-state index is 0.0798. The van der Waals surface area contributed by atoms with E-state index in [4.69, 9.17) is 27.9 Å². The third kappa shape index (κ3) is 4.88. The van der Waals surface area contributed by atoms with E-state index < -0.39 is 6.04 Å². The lowest BCUT2D eigenvalue weighted by Gasteiger charge is -2.11. The predicted octanol–water partition coefficient (Wildman–Crippen LogP) is 1.90. The van der Waals surface area contributed by atoms with Gasteiger partial charge in [-0.2, -0.15) is 0 Å². The molecule has 21 heavy (non-hydrogen) atoms. The highest BCUT2D eigenvalue weighted by atomic mass is 35.5. The Kier molecular flexibility index (Phi) is 5.85. The van der Waals surface area contributed by atoms with Crippen LogP contribution in [0.2, 0.25) is 10.0 Å². The maximum Gasteiger partial charge on any atom is 0.242 e. The minimum Gasteiger partial charge on any atom is -0.375 e. The van der Waals surface area contributed by atoms with Gasteiger partial charge in [-0.3, -0.25) is 9.59 Å². The number of halogens is 2. The second-order valence-electron chi connectivity index (χ2n) is 4.74. The zero-order valence-electron chi connectivity index (χ0n) is 11.3. The van der Waals surface area contributed by atoms with E-state index in [9.17, 15) is 9.59 Å². The standard InChI is InChI=1S/C14H16Cl2N2O3/c15-10-2-1-9(11(16)7-10)8-21-6-5-17-14(20)12-3-4-13(19)18-12/h1-2,7,12H,3-6,8H2,(H,17,20)(H,18,19)/t12-/m1/s1. The lowest BCUT2D eigenvalue weighted by atomic mass is 10.2. The van der Waals surface area contributed by atoms with Crippen LogP contribution < -0.4 is 10.6 Å². The number of carbonyl (C=O) groups is 2. The SMILES string of the molecule is O=C1CC[C@H](C(=O)NCCOCc2ccc(Cl)cc2Cl)N1. The molecule has 1 heterocycles. The summed E-state index contributed by atoms with van der Waals surface area (Å²) in [6.07, 6.45) is 0.954. The van der Waals surface area contributed by atoms with E-state index in [2.05, 4.69) is 10.6 Å².